The van der Waals surface area contributed by atoms with E-state index in [0.29, 0.717) is 28.8 Å². The van der Waals surface area contributed by atoms with Crippen LogP contribution in [0.25, 0.3) is 11.3 Å². The van der Waals surface area contributed by atoms with Gasteiger partial charge in [-0.1, -0.05) is 36.4 Å². The number of hydrogen-bond donors (Lipinski definition) is 2. The molecule has 1 heterocycles. The van der Waals surface area contributed by atoms with Gasteiger partial charge in [-0.25, -0.2) is 18.4 Å². The molecule has 9 heteroatoms. The highest BCUT2D eigenvalue weighted by molar-refractivity contribution is 7.92. The van der Waals surface area contributed by atoms with Crippen molar-refractivity contribution in [2.45, 2.75) is 11.8 Å². The monoisotopic (exact) mass is 476 g/mol. The lowest BCUT2D eigenvalue weighted by Crippen LogP contribution is -2.14. The molecule has 34 heavy (non-hydrogen) atoms. The van der Waals surface area contributed by atoms with Crippen LogP contribution in [0.1, 0.15) is 5.82 Å². The number of aromatic nitrogens is 2. The Morgan fingerprint density at radius 3 is 2.29 bits per heavy atom. The number of aryl methyl sites for hydroxylation is 1. The first-order valence-electron chi connectivity index (χ1n) is 10.4. The number of nitrogens with one attached hydrogen (secondary N) is 2. The Bertz CT molecular complexity index is 1410. The largest absolute Gasteiger partial charge is 0.497 e. The van der Waals surface area contributed by atoms with Crippen molar-refractivity contribution in [3.63, 3.8) is 0 Å². The molecule has 0 aliphatic heterocycles. The number of ether oxygens (including phenoxy) is 2. The van der Waals surface area contributed by atoms with Gasteiger partial charge in [0.1, 0.15) is 28.0 Å². The van der Waals surface area contributed by atoms with Crippen LogP contribution >= 0.6 is 0 Å². The molecule has 0 saturated heterocycles. The van der Waals surface area contributed by atoms with E-state index in [1.165, 1.54) is 20.3 Å². The topological polar surface area (TPSA) is 102 Å². The lowest BCUT2D eigenvalue weighted by atomic mass is 10.1. The molecular formula is C25H24N4O4S. The molecule has 3 aromatic carbocycles. The van der Waals surface area contributed by atoms with Crippen LogP contribution < -0.4 is 19.5 Å². The predicted octanol–water partition coefficient (Wildman–Crippen LogP) is 5.01. The van der Waals surface area contributed by atoms with Crippen LogP contribution in [-0.4, -0.2) is 32.6 Å². The third kappa shape index (κ3) is 5.26. The Hall–Kier alpha value is -4.11. The first-order chi connectivity index (χ1) is 16.4. The Morgan fingerprint density at radius 1 is 0.794 bits per heavy atom. The van der Waals surface area contributed by atoms with Crippen molar-refractivity contribution in [1.82, 2.24) is 9.97 Å². The van der Waals surface area contributed by atoms with Crippen molar-refractivity contribution < 1.29 is 17.9 Å². The highest BCUT2D eigenvalue weighted by Gasteiger charge is 2.21. The summed E-state index contributed by atoms with van der Waals surface area (Å²) in [6.45, 7) is 1.82. The number of hydrogen-bond acceptors (Lipinski definition) is 7. The van der Waals surface area contributed by atoms with Crippen molar-refractivity contribution in [3.8, 4) is 22.8 Å². The zero-order chi connectivity index (χ0) is 24.1. The SMILES string of the molecule is COc1ccc(OC)c(S(=O)(=O)Nc2cccc(Nc3cc(-c4ccccc4)nc(C)n3)c2)c1. The molecule has 2 N–H and O–H groups in total. The van der Waals surface area contributed by atoms with Crippen molar-refractivity contribution >= 4 is 27.2 Å². The molecule has 4 aromatic rings. The van der Waals surface area contributed by atoms with Crippen molar-refractivity contribution in [1.29, 1.82) is 0 Å². The van der Waals surface area contributed by atoms with E-state index >= 15 is 0 Å². The molecule has 174 valence electrons. The zero-order valence-corrected chi connectivity index (χ0v) is 19.8. The van der Waals surface area contributed by atoms with Crippen LogP contribution in [0.3, 0.4) is 0 Å². The summed E-state index contributed by atoms with van der Waals surface area (Å²) in [5, 5.41) is 3.23. The highest BCUT2D eigenvalue weighted by atomic mass is 32.2. The van der Waals surface area contributed by atoms with E-state index in [4.69, 9.17) is 9.47 Å². The lowest BCUT2D eigenvalue weighted by molar-refractivity contribution is 0.392. The predicted molar refractivity (Wildman–Crippen MR) is 132 cm³/mol. The molecule has 0 unspecified atom stereocenters. The quantitative estimate of drug-likeness (QED) is 0.368. The molecule has 0 atom stereocenters. The molecule has 0 aliphatic rings. The summed E-state index contributed by atoms with van der Waals surface area (Å²) in [5.41, 5.74) is 2.81. The summed E-state index contributed by atoms with van der Waals surface area (Å²) in [6.07, 6.45) is 0. The molecule has 0 radical (unpaired) electrons. The molecule has 0 aliphatic carbocycles. The van der Waals surface area contributed by atoms with Gasteiger partial charge in [-0.05, 0) is 37.3 Å². The van der Waals surface area contributed by atoms with E-state index in [0.717, 1.165) is 11.3 Å². The number of rotatable bonds is 8. The van der Waals surface area contributed by atoms with Gasteiger partial charge >= 0.3 is 0 Å². The third-order valence-corrected chi connectivity index (χ3v) is 6.36. The average molecular weight is 477 g/mol. The van der Waals surface area contributed by atoms with E-state index < -0.39 is 10.0 Å². The van der Waals surface area contributed by atoms with E-state index in [2.05, 4.69) is 20.0 Å². The smallest absolute Gasteiger partial charge is 0.265 e. The second-order valence-electron chi connectivity index (χ2n) is 7.38. The summed E-state index contributed by atoms with van der Waals surface area (Å²) in [7, 11) is -1.05. The van der Waals surface area contributed by atoms with Crippen molar-refractivity contribution in [2.24, 2.45) is 0 Å². The zero-order valence-electron chi connectivity index (χ0n) is 18.9. The van der Waals surface area contributed by atoms with Crippen molar-refractivity contribution in [3.05, 3.63) is 84.7 Å². The average Bonchev–Trinajstić information content (AvgIpc) is 2.83. The summed E-state index contributed by atoms with van der Waals surface area (Å²) in [6, 6.07) is 23.2. The maximum absolute atomic E-state index is 13.1. The maximum atomic E-state index is 13.1. The second-order valence-corrected chi connectivity index (χ2v) is 9.03. The molecule has 0 spiro atoms. The minimum atomic E-state index is -3.94. The maximum Gasteiger partial charge on any atom is 0.265 e. The fraction of sp³-hybridized carbons (Fsp3) is 0.120. The Morgan fingerprint density at radius 2 is 1.56 bits per heavy atom. The first-order valence-corrected chi connectivity index (χ1v) is 11.9. The van der Waals surface area contributed by atoms with Crippen molar-refractivity contribution in [2.75, 3.05) is 24.3 Å². The van der Waals surface area contributed by atoms with Crippen LogP contribution in [0.15, 0.2) is 83.8 Å². The molecule has 1 aromatic heterocycles. The van der Waals surface area contributed by atoms with Gasteiger partial charge in [0, 0.05) is 23.4 Å². The van der Waals surface area contributed by atoms with E-state index in [-0.39, 0.29) is 10.6 Å². The molecule has 0 fully saturated rings. The molecule has 0 saturated carbocycles. The van der Waals surface area contributed by atoms with Gasteiger partial charge in [0.15, 0.2) is 0 Å². The van der Waals surface area contributed by atoms with E-state index in [1.54, 1.807) is 30.3 Å². The number of nitrogens with zero attached hydrogens (tertiary/aromatic N) is 2. The van der Waals surface area contributed by atoms with Gasteiger partial charge < -0.3 is 14.8 Å². The molecule has 4 rings (SSSR count). The Balaban J connectivity index is 1.60. The van der Waals surface area contributed by atoms with Gasteiger partial charge in [-0.3, -0.25) is 4.72 Å². The van der Waals surface area contributed by atoms with Gasteiger partial charge in [-0.15, -0.1) is 0 Å². The third-order valence-electron chi connectivity index (χ3n) is 4.96. The number of anilines is 3. The lowest BCUT2D eigenvalue weighted by Gasteiger charge is -2.14. The van der Waals surface area contributed by atoms with Gasteiger partial charge in [0.2, 0.25) is 0 Å². The van der Waals surface area contributed by atoms with Crippen LogP contribution in [-0.2, 0) is 10.0 Å². The van der Waals surface area contributed by atoms with Crippen LogP contribution in [0.4, 0.5) is 17.2 Å². The molecule has 8 nitrogen and oxygen atoms in total. The van der Waals surface area contributed by atoms with Gasteiger partial charge in [-0.2, -0.15) is 0 Å². The number of methoxy groups -OCH3 is 2. The minimum Gasteiger partial charge on any atom is -0.497 e. The Labute approximate surface area is 198 Å². The standard InChI is InChI=1S/C25H24N4O4S/c1-17-26-22(18-8-5-4-6-9-18)16-25(27-17)28-19-10-7-11-20(14-19)29-34(30,31)24-15-21(32-2)12-13-23(24)33-3/h4-16,29H,1-3H3,(H,26,27,28). The molecule has 0 amide bonds. The minimum absolute atomic E-state index is 0.0216. The second kappa shape index (κ2) is 9.80. The summed E-state index contributed by atoms with van der Waals surface area (Å²) >= 11 is 0. The fourth-order valence-electron chi connectivity index (χ4n) is 3.40. The van der Waals surface area contributed by atoms with Crippen LogP contribution in [0.2, 0.25) is 0 Å². The van der Waals surface area contributed by atoms with E-state index in [9.17, 15) is 8.42 Å². The highest BCUT2D eigenvalue weighted by Crippen LogP contribution is 2.30. The Kier molecular flexibility index (Phi) is 6.65. The fourth-order valence-corrected chi connectivity index (χ4v) is 4.64. The normalized spacial score (nSPS) is 11.0. The summed E-state index contributed by atoms with van der Waals surface area (Å²) < 4.78 is 39.2. The van der Waals surface area contributed by atoms with Crippen LogP contribution in [0.5, 0.6) is 11.5 Å². The van der Waals surface area contributed by atoms with Gasteiger partial charge in [0.05, 0.1) is 25.6 Å². The molecule has 0 bridgehead atoms. The summed E-state index contributed by atoms with van der Waals surface area (Å²) in [5.74, 6) is 1.84. The first kappa shape index (κ1) is 23.1. The molecular weight excluding hydrogens is 452 g/mol. The summed E-state index contributed by atoms with van der Waals surface area (Å²) in [4.78, 5) is 8.95. The number of benzene rings is 3. The van der Waals surface area contributed by atoms with Gasteiger partial charge in [0.25, 0.3) is 10.0 Å². The number of sulfonamides is 1. The van der Waals surface area contributed by atoms with E-state index in [1.807, 2.05) is 49.4 Å². The van der Waals surface area contributed by atoms with Crippen LogP contribution in [0, 0.1) is 6.92 Å².